The molecule has 0 radical (unpaired) electrons. The van der Waals surface area contributed by atoms with Crippen molar-refractivity contribution < 1.29 is 37.6 Å². The number of unbranched alkanes of at least 4 members (excludes halogenated alkanes) is 11. The Morgan fingerprint density at radius 1 is 0.714 bits per heavy atom. The monoisotopic (exact) mass is 526 g/mol. The van der Waals surface area contributed by atoms with Crippen LogP contribution in [0.3, 0.4) is 0 Å². The number of rotatable bonds is 26. The van der Waals surface area contributed by atoms with Crippen molar-refractivity contribution in [3.8, 4) is 0 Å². The molecule has 0 aliphatic rings. The minimum Gasteiger partial charge on any atom is -0.381 e. The van der Waals surface area contributed by atoms with Gasteiger partial charge in [-0.25, -0.2) is 4.57 Å². The third kappa shape index (κ3) is 24.1. The van der Waals surface area contributed by atoms with E-state index >= 15 is 0 Å². The molecule has 0 rings (SSSR count). The van der Waals surface area contributed by atoms with Gasteiger partial charge in [0.1, 0.15) is 12.6 Å². The van der Waals surface area contributed by atoms with E-state index in [4.69, 9.17) is 28.5 Å². The van der Waals surface area contributed by atoms with Crippen LogP contribution < -0.4 is 0 Å². The smallest absolute Gasteiger partial charge is 0.381 e. The van der Waals surface area contributed by atoms with E-state index in [2.05, 4.69) is 6.92 Å². The molecule has 2 atom stereocenters. The van der Waals surface area contributed by atoms with Gasteiger partial charge in [0, 0.05) is 33.4 Å². The van der Waals surface area contributed by atoms with Crippen molar-refractivity contribution >= 4 is 7.82 Å². The number of phosphoric acid groups is 1. The zero-order chi connectivity index (χ0) is 26.4. The second kappa shape index (κ2) is 22.0. The van der Waals surface area contributed by atoms with Gasteiger partial charge in [-0.2, -0.15) is 0 Å². The van der Waals surface area contributed by atoms with Crippen molar-refractivity contribution in [2.75, 3.05) is 61.3 Å². The van der Waals surface area contributed by atoms with Crippen LogP contribution in [0, 0.1) is 0 Å². The van der Waals surface area contributed by atoms with Crippen molar-refractivity contribution in [1.29, 1.82) is 0 Å². The number of hydrogen-bond acceptors (Lipinski definition) is 5. The molecule has 0 saturated carbocycles. The van der Waals surface area contributed by atoms with Crippen LogP contribution in [-0.2, 0) is 23.3 Å². The molecule has 0 aromatic rings. The Kier molecular flexibility index (Phi) is 21.9. The number of likely N-dealkylation sites (N-methyl/N-ethyl adjacent to an activating group) is 1. The molecule has 0 aliphatic carbocycles. The van der Waals surface area contributed by atoms with Gasteiger partial charge in [0.05, 0.1) is 33.9 Å². The third-order valence-corrected chi connectivity index (χ3v) is 6.91. The molecule has 0 amide bonds. The van der Waals surface area contributed by atoms with Crippen LogP contribution in [0.2, 0.25) is 0 Å². The summed E-state index contributed by atoms with van der Waals surface area (Å²) in [7, 11) is 3.10. The lowest BCUT2D eigenvalue weighted by molar-refractivity contribution is -0.897. The quantitative estimate of drug-likeness (QED) is 0.0848. The molecule has 0 fully saturated rings. The number of nitrogens with zero attached hydrogens (tertiary/aromatic N) is 1. The van der Waals surface area contributed by atoms with Gasteiger partial charge in [-0.1, -0.05) is 71.1 Å². The van der Waals surface area contributed by atoms with E-state index in [-0.39, 0.29) is 18.8 Å². The Labute approximate surface area is 215 Å². The highest BCUT2D eigenvalue weighted by molar-refractivity contribution is 7.46. The molecule has 0 heterocycles. The van der Waals surface area contributed by atoms with Crippen LogP contribution in [0.5, 0.6) is 0 Å². The number of phosphoric ester groups is 1. The summed E-state index contributed by atoms with van der Waals surface area (Å²) in [5, 5.41) is 0. The first-order valence-corrected chi connectivity index (χ1v) is 15.3. The summed E-state index contributed by atoms with van der Waals surface area (Å²) in [5.41, 5.74) is 0. The predicted octanol–water partition coefficient (Wildman–Crippen LogP) is 5.70. The lowest BCUT2D eigenvalue weighted by Crippen LogP contribution is -2.49. The average Bonchev–Trinajstić information content (AvgIpc) is 2.78. The zero-order valence-corrected chi connectivity index (χ0v) is 24.3. The minimum absolute atomic E-state index is 0.0266. The largest absolute Gasteiger partial charge is 0.469 e. The molecule has 0 aromatic heterocycles. The Bertz CT molecular complexity index is 510. The van der Waals surface area contributed by atoms with Crippen LogP contribution >= 0.6 is 7.82 Å². The molecule has 9 heteroatoms. The summed E-state index contributed by atoms with van der Waals surface area (Å²) >= 11 is 0. The van der Waals surface area contributed by atoms with Gasteiger partial charge in [0.25, 0.3) is 0 Å². The Morgan fingerprint density at radius 3 is 1.60 bits per heavy atom. The predicted molar refractivity (Wildman–Crippen MR) is 143 cm³/mol. The van der Waals surface area contributed by atoms with E-state index in [1.54, 1.807) is 7.11 Å². The maximum atomic E-state index is 11.1. The first kappa shape index (κ1) is 35.0. The molecule has 2 N–H and O–H groups in total. The van der Waals surface area contributed by atoms with E-state index in [1.807, 2.05) is 21.1 Å². The summed E-state index contributed by atoms with van der Waals surface area (Å²) in [6, 6.07) is -0.111. The van der Waals surface area contributed by atoms with Crippen LogP contribution in [0.1, 0.15) is 96.8 Å². The van der Waals surface area contributed by atoms with Gasteiger partial charge in [0.2, 0.25) is 0 Å². The van der Waals surface area contributed by atoms with Gasteiger partial charge < -0.3 is 28.5 Å². The fourth-order valence-corrected chi connectivity index (χ4v) is 4.29. The van der Waals surface area contributed by atoms with Crippen LogP contribution in [-0.4, -0.2) is 87.7 Å². The Hall–Kier alpha value is -0.0500. The molecule has 2 unspecified atom stereocenters. The van der Waals surface area contributed by atoms with Gasteiger partial charge in [-0.15, -0.1) is 0 Å². The zero-order valence-electron chi connectivity index (χ0n) is 23.4. The van der Waals surface area contributed by atoms with Crippen LogP contribution in [0.4, 0.5) is 0 Å². The summed E-state index contributed by atoms with van der Waals surface area (Å²) < 4.78 is 33.4. The summed E-state index contributed by atoms with van der Waals surface area (Å²) in [4.78, 5) is 18.0. The number of ether oxygens (including phenoxy) is 3. The molecule has 0 spiro atoms. The number of hydrogen-bond donors (Lipinski definition) is 2. The molecule has 0 bridgehead atoms. The molecule has 212 valence electrons. The van der Waals surface area contributed by atoms with Gasteiger partial charge in [0.15, 0.2) is 0 Å². The highest BCUT2D eigenvalue weighted by Gasteiger charge is 2.30. The van der Waals surface area contributed by atoms with E-state index < -0.39 is 7.82 Å². The number of quaternary nitrogens is 1. The first-order valence-electron chi connectivity index (χ1n) is 13.8. The molecule has 8 nitrogen and oxygen atoms in total. The Balaban J connectivity index is 3.66. The Morgan fingerprint density at radius 2 is 1.17 bits per heavy atom. The maximum Gasteiger partial charge on any atom is 0.469 e. The second-order valence-electron chi connectivity index (χ2n) is 10.6. The lowest BCUT2D eigenvalue weighted by atomic mass is 10.1. The van der Waals surface area contributed by atoms with Crippen LogP contribution in [0.15, 0.2) is 0 Å². The van der Waals surface area contributed by atoms with Crippen molar-refractivity contribution in [2.24, 2.45) is 0 Å². The molecule has 0 saturated heterocycles. The van der Waals surface area contributed by atoms with Gasteiger partial charge >= 0.3 is 7.82 Å². The molecule has 0 aliphatic heterocycles. The summed E-state index contributed by atoms with van der Waals surface area (Å²) in [6.45, 7) is 5.25. The summed E-state index contributed by atoms with van der Waals surface area (Å²) in [6.07, 6.45) is 16.8. The van der Waals surface area contributed by atoms with E-state index in [9.17, 15) is 4.57 Å². The SMILES string of the molecule is CCCCCOCCCCCCCCCCCCOCC(CC(COP(=O)(O)O)[N+](C)(C)C)OC. The van der Waals surface area contributed by atoms with Crippen molar-refractivity contribution in [3.63, 3.8) is 0 Å². The third-order valence-electron chi connectivity index (χ3n) is 6.42. The van der Waals surface area contributed by atoms with Crippen LogP contribution in [0.25, 0.3) is 0 Å². The maximum absolute atomic E-state index is 11.1. The van der Waals surface area contributed by atoms with E-state index in [0.29, 0.717) is 24.1 Å². The van der Waals surface area contributed by atoms with Gasteiger partial charge in [-0.3, -0.25) is 4.52 Å². The average molecular weight is 527 g/mol. The van der Waals surface area contributed by atoms with Gasteiger partial charge in [-0.05, 0) is 19.3 Å². The van der Waals surface area contributed by atoms with Crippen molar-refractivity contribution in [2.45, 2.75) is 109 Å². The fraction of sp³-hybridized carbons (Fsp3) is 1.00. The molecule has 35 heavy (non-hydrogen) atoms. The second-order valence-corrected chi connectivity index (χ2v) is 11.8. The standard InChI is InChI=1S/C26H56NO7P/c1-6-7-16-19-32-20-17-14-12-10-8-9-11-13-15-18-21-33-24-26(31-5)22-25(27(2,3)4)23-34-35(28,29)30/h25-26H,6-24H2,1-5H3,(H-,28,29,30)/p+1. The van der Waals surface area contributed by atoms with E-state index in [1.165, 1.54) is 77.0 Å². The molecular formula is C26H57NO7P+. The highest BCUT2D eigenvalue weighted by Crippen LogP contribution is 2.36. The van der Waals surface area contributed by atoms with Crippen molar-refractivity contribution in [1.82, 2.24) is 0 Å². The normalized spacial score (nSPS) is 14.4. The highest BCUT2D eigenvalue weighted by atomic mass is 31.2. The minimum atomic E-state index is -4.48. The summed E-state index contributed by atoms with van der Waals surface area (Å²) in [5.74, 6) is 0. The fourth-order valence-electron chi connectivity index (χ4n) is 3.92. The van der Waals surface area contributed by atoms with E-state index in [0.717, 1.165) is 19.6 Å². The lowest BCUT2D eigenvalue weighted by Gasteiger charge is -2.35. The first-order chi connectivity index (χ1) is 16.6. The topological polar surface area (TPSA) is 94.5 Å². The number of methoxy groups -OCH3 is 1. The molecular weight excluding hydrogens is 469 g/mol. The van der Waals surface area contributed by atoms with Crippen molar-refractivity contribution in [3.05, 3.63) is 0 Å². The molecule has 0 aromatic carbocycles.